The summed E-state index contributed by atoms with van der Waals surface area (Å²) in [6.07, 6.45) is -1.23. The number of rotatable bonds is 1. The van der Waals surface area contributed by atoms with Gasteiger partial charge in [-0.25, -0.2) is 4.79 Å². The predicted molar refractivity (Wildman–Crippen MR) is 42.5 cm³/mol. The van der Waals surface area contributed by atoms with Crippen molar-refractivity contribution in [3.63, 3.8) is 0 Å². The fourth-order valence-corrected chi connectivity index (χ4v) is 0. The second-order valence-corrected chi connectivity index (χ2v) is 1.01. The Balaban J connectivity index is -0.00000000595. The summed E-state index contributed by atoms with van der Waals surface area (Å²) in [5.41, 5.74) is 0. The van der Waals surface area contributed by atoms with Crippen LogP contribution in [0, 0.1) is 0 Å². The molecule has 0 aromatic heterocycles. The van der Waals surface area contributed by atoms with E-state index in [1.807, 2.05) is 0 Å². The van der Waals surface area contributed by atoms with Crippen LogP contribution in [0.2, 0.25) is 0 Å². The van der Waals surface area contributed by atoms with Gasteiger partial charge in [-0.1, -0.05) is 0 Å². The van der Waals surface area contributed by atoms with Gasteiger partial charge in [-0.05, 0) is 6.92 Å². The Kier molecular flexibility index (Phi) is 32.2. The largest absolute Gasteiger partial charge is 2.00 e. The zero-order valence-electron chi connectivity index (χ0n) is 9.20. The number of hydrogen-bond acceptors (Lipinski definition) is 2. The molecule has 0 saturated heterocycles. The number of carboxylic acids is 1. The summed E-state index contributed by atoms with van der Waals surface area (Å²) in [5, 5.41) is 15.8. The molecule has 0 heterocycles. The molecule has 0 aromatic rings. The van der Waals surface area contributed by atoms with Gasteiger partial charge in [-0.15, -0.1) is 12.4 Å². The summed E-state index contributed by atoms with van der Waals surface area (Å²) in [5.74, 6) is -1.19. The molecule has 0 saturated carbocycles. The Bertz CT molecular complexity index is 79.7. The molecule has 0 aliphatic carbocycles. The number of carboxylic acid groups (broad SMARTS) is 1. The van der Waals surface area contributed by atoms with Crippen LogP contribution in [0.5, 0.6) is 0 Å². The number of carbonyl (C=O) groups is 1. The van der Waals surface area contributed by atoms with Crippen molar-refractivity contribution in [2.24, 2.45) is 0 Å². The van der Waals surface area contributed by atoms with Crippen LogP contribution in [0.4, 0.5) is 0 Å². The third-order valence-corrected chi connectivity index (χ3v) is 0.357. The summed E-state index contributed by atoms with van der Waals surface area (Å²) < 4.78 is 0. The van der Waals surface area contributed by atoms with E-state index < -0.39 is 12.1 Å². The normalized spacial score (nSPS) is 9.11. The van der Waals surface area contributed by atoms with Crippen LogP contribution in [0.3, 0.4) is 0 Å². The summed E-state index contributed by atoms with van der Waals surface area (Å²) in [7, 11) is 0. The van der Waals surface area contributed by atoms with E-state index in [9.17, 15) is 4.79 Å². The van der Waals surface area contributed by atoms with Crippen molar-refractivity contribution in [2.45, 2.75) is 13.0 Å². The number of aliphatic hydroxyl groups is 1. The van der Waals surface area contributed by atoms with E-state index in [4.69, 9.17) is 10.2 Å². The number of aliphatic carboxylic acids is 1. The smallest absolute Gasteiger partial charge is 1.00 e. The van der Waals surface area contributed by atoms with E-state index in [0.29, 0.717) is 0 Å². The van der Waals surface area contributed by atoms with Crippen LogP contribution in [-0.2, 0) is 4.79 Å². The van der Waals surface area contributed by atoms with Gasteiger partial charge < -0.3 is 15.9 Å². The van der Waals surface area contributed by atoms with E-state index in [1.165, 1.54) is 6.92 Å². The van der Waals surface area contributed by atoms with Gasteiger partial charge in [0.05, 0.1) is 0 Å². The third-order valence-electron chi connectivity index (χ3n) is 0.357. The Morgan fingerprint density at radius 2 is 1.67 bits per heavy atom. The molecule has 52 valence electrons. The maximum Gasteiger partial charge on any atom is 2.00 e. The first-order chi connectivity index (χ1) is 2.64. The van der Waals surface area contributed by atoms with E-state index in [0.717, 1.165) is 0 Å². The summed E-state index contributed by atoms with van der Waals surface area (Å²) in [6.45, 7) is 1.20. The van der Waals surface area contributed by atoms with Crippen molar-refractivity contribution in [2.75, 3.05) is 0 Å². The zero-order valence-corrected chi connectivity index (χ0v) is 10.4. The van der Waals surface area contributed by atoms with Gasteiger partial charge in [0, 0.05) is 0 Å². The van der Waals surface area contributed by atoms with E-state index >= 15 is 0 Å². The van der Waals surface area contributed by atoms with Crippen LogP contribution in [-0.4, -0.2) is 97.8 Å². The van der Waals surface area contributed by atoms with E-state index in [2.05, 4.69) is 0 Å². The Morgan fingerprint density at radius 1 is 1.56 bits per heavy atom. The number of aliphatic hydroxyl groups excluding tert-OH is 1. The maximum atomic E-state index is 9.45. The van der Waals surface area contributed by atoms with Gasteiger partial charge >= 0.3 is 81.4 Å². The molecule has 2 N–H and O–H groups in total. The standard InChI is InChI=1S/C3H6O3.2Ca.ClH.4H/c1-2(4)3(5)6;;;;;;;/h2,4H,1H3,(H,5,6);;;1H;;;;/q;2*+2;;4*-1. The van der Waals surface area contributed by atoms with Gasteiger partial charge in [0.15, 0.2) is 0 Å². The Labute approximate surface area is 126 Å². The molecule has 0 spiro atoms. The molecule has 1 unspecified atom stereocenters. The average molecular weight is 211 g/mol. The molecule has 0 aromatic carbocycles. The quantitative estimate of drug-likeness (QED) is 0.578. The van der Waals surface area contributed by atoms with Crippen molar-refractivity contribution < 1.29 is 20.7 Å². The molecule has 0 aliphatic rings. The SMILES string of the molecule is CC(O)C(=O)O.Cl.[Ca+2].[Ca+2].[H-].[H-].[H-].[H-]. The molecule has 0 bridgehead atoms. The van der Waals surface area contributed by atoms with Crippen LogP contribution in [0.1, 0.15) is 12.6 Å². The van der Waals surface area contributed by atoms with Gasteiger partial charge in [-0.3, -0.25) is 0 Å². The van der Waals surface area contributed by atoms with Crippen molar-refractivity contribution in [3.8, 4) is 0 Å². The van der Waals surface area contributed by atoms with Crippen molar-refractivity contribution >= 4 is 93.9 Å². The molecule has 0 amide bonds. The molecule has 3 nitrogen and oxygen atoms in total. The fourth-order valence-electron chi connectivity index (χ4n) is 0. The average Bonchev–Trinajstić information content (AvgIpc) is 1.36. The zero-order chi connectivity index (χ0) is 5.15. The second kappa shape index (κ2) is 12.9. The van der Waals surface area contributed by atoms with Crippen molar-refractivity contribution in [1.82, 2.24) is 0 Å². The van der Waals surface area contributed by atoms with E-state index in [1.54, 1.807) is 0 Å². The molecular formula is C3H11Ca2ClO3. The van der Waals surface area contributed by atoms with Crippen LogP contribution < -0.4 is 0 Å². The number of halogens is 1. The van der Waals surface area contributed by atoms with Crippen molar-refractivity contribution in [1.29, 1.82) is 0 Å². The minimum atomic E-state index is -1.23. The molecule has 0 fully saturated rings. The van der Waals surface area contributed by atoms with Crippen LogP contribution in [0.15, 0.2) is 0 Å². The topological polar surface area (TPSA) is 57.5 Å². The van der Waals surface area contributed by atoms with Crippen LogP contribution >= 0.6 is 12.4 Å². The first kappa shape index (κ1) is 22.5. The molecule has 6 heteroatoms. The molecule has 1 atom stereocenters. The summed E-state index contributed by atoms with van der Waals surface area (Å²) in [4.78, 5) is 9.45. The minimum absolute atomic E-state index is 0. The van der Waals surface area contributed by atoms with Gasteiger partial charge in [0.25, 0.3) is 0 Å². The molecule has 0 radical (unpaired) electrons. The first-order valence-corrected chi connectivity index (χ1v) is 1.55. The number of hydrogen-bond donors (Lipinski definition) is 2. The second-order valence-electron chi connectivity index (χ2n) is 1.01. The minimum Gasteiger partial charge on any atom is -1.00 e. The molecular weight excluding hydrogens is 200 g/mol. The van der Waals surface area contributed by atoms with Crippen molar-refractivity contribution in [3.05, 3.63) is 0 Å². The van der Waals surface area contributed by atoms with E-state index in [-0.39, 0.29) is 93.6 Å². The first-order valence-electron chi connectivity index (χ1n) is 1.55. The Morgan fingerprint density at radius 3 is 1.67 bits per heavy atom. The van der Waals surface area contributed by atoms with Crippen LogP contribution in [0.25, 0.3) is 0 Å². The Hall–Kier alpha value is 2.24. The summed E-state index contributed by atoms with van der Waals surface area (Å²) >= 11 is 0. The fraction of sp³-hybridized carbons (Fsp3) is 0.667. The summed E-state index contributed by atoms with van der Waals surface area (Å²) in [6, 6.07) is 0. The maximum absolute atomic E-state index is 9.45. The van der Waals surface area contributed by atoms with Gasteiger partial charge in [0.1, 0.15) is 6.10 Å². The molecule has 0 aliphatic heterocycles. The van der Waals surface area contributed by atoms with Gasteiger partial charge in [0.2, 0.25) is 0 Å². The predicted octanol–water partition coefficient (Wildman–Crippen LogP) is -0.438. The van der Waals surface area contributed by atoms with Gasteiger partial charge in [-0.2, -0.15) is 0 Å². The third kappa shape index (κ3) is 17.9. The molecule has 0 rings (SSSR count). The molecule has 9 heavy (non-hydrogen) atoms. The monoisotopic (exact) mass is 210 g/mol.